The third kappa shape index (κ3) is 3.96. The van der Waals surface area contributed by atoms with Crippen molar-refractivity contribution in [3.63, 3.8) is 0 Å². The van der Waals surface area contributed by atoms with Crippen LogP contribution in [0.3, 0.4) is 0 Å². The van der Waals surface area contributed by atoms with Gasteiger partial charge in [-0.15, -0.1) is 0 Å². The normalized spacial score (nSPS) is 17.5. The average molecular weight is 354 g/mol. The van der Waals surface area contributed by atoms with Crippen molar-refractivity contribution in [3.8, 4) is 0 Å². The molecule has 0 spiro atoms. The van der Waals surface area contributed by atoms with Crippen LogP contribution in [0.1, 0.15) is 38.7 Å². The van der Waals surface area contributed by atoms with Crippen LogP contribution in [-0.2, 0) is 25.0 Å². The summed E-state index contributed by atoms with van der Waals surface area (Å²) in [4.78, 5) is 12.1. The zero-order valence-corrected chi connectivity index (χ0v) is 15.2. The fourth-order valence-corrected chi connectivity index (χ4v) is 4.19. The standard InChI is InChI=1S/C17H26N2O4S/c1-12(2)10-14(11-18)19-24(21,22)15-6-4-13(5-7-15)17(8-9-17)16(20)23-3/h4-7,12,14,19H,8-11,18H2,1-3H3. The van der Waals surface area contributed by atoms with Gasteiger partial charge in [0.2, 0.25) is 10.0 Å². The fourth-order valence-electron chi connectivity index (χ4n) is 2.93. The van der Waals surface area contributed by atoms with Gasteiger partial charge in [0.05, 0.1) is 17.4 Å². The van der Waals surface area contributed by atoms with Crippen LogP contribution in [0.5, 0.6) is 0 Å². The van der Waals surface area contributed by atoms with Crippen molar-refractivity contribution < 1.29 is 17.9 Å². The first kappa shape index (κ1) is 18.9. The number of esters is 1. The second-order valence-electron chi connectivity index (χ2n) is 6.78. The molecule has 0 radical (unpaired) electrons. The minimum absolute atomic E-state index is 0.175. The summed E-state index contributed by atoms with van der Waals surface area (Å²) in [5.41, 5.74) is 5.87. The minimum atomic E-state index is -3.63. The number of ether oxygens (including phenoxy) is 1. The lowest BCUT2D eigenvalue weighted by Crippen LogP contribution is -2.41. The highest BCUT2D eigenvalue weighted by Crippen LogP contribution is 2.49. The molecule has 0 heterocycles. The molecule has 0 amide bonds. The third-order valence-electron chi connectivity index (χ3n) is 4.41. The van der Waals surface area contributed by atoms with E-state index in [4.69, 9.17) is 10.5 Å². The highest BCUT2D eigenvalue weighted by molar-refractivity contribution is 7.89. The number of hydrogen-bond donors (Lipinski definition) is 2. The first-order chi connectivity index (χ1) is 11.2. The number of hydrogen-bond acceptors (Lipinski definition) is 5. The molecule has 6 nitrogen and oxygen atoms in total. The highest BCUT2D eigenvalue weighted by atomic mass is 32.2. The quantitative estimate of drug-likeness (QED) is 0.690. The molecule has 1 atom stereocenters. The van der Waals surface area contributed by atoms with Crippen molar-refractivity contribution >= 4 is 16.0 Å². The summed E-state index contributed by atoms with van der Waals surface area (Å²) in [6.45, 7) is 4.29. The first-order valence-electron chi connectivity index (χ1n) is 8.16. The summed E-state index contributed by atoms with van der Waals surface area (Å²) < 4.78 is 32.5. The molecular weight excluding hydrogens is 328 g/mol. The minimum Gasteiger partial charge on any atom is -0.468 e. The lowest BCUT2D eigenvalue weighted by Gasteiger charge is -2.19. The van der Waals surface area contributed by atoms with Crippen LogP contribution < -0.4 is 10.5 Å². The number of rotatable bonds is 8. The van der Waals surface area contributed by atoms with Gasteiger partial charge < -0.3 is 10.5 Å². The summed E-state index contributed by atoms with van der Waals surface area (Å²) >= 11 is 0. The molecule has 134 valence electrons. The van der Waals surface area contributed by atoms with E-state index in [9.17, 15) is 13.2 Å². The molecule has 0 aromatic heterocycles. The molecule has 0 saturated heterocycles. The van der Waals surface area contributed by atoms with E-state index in [0.29, 0.717) is 12.3 Å². The number of sulfonamides is 1. The van der Waals surface area contributed by atoms with Gasteiger partial charge in [-0.05, 0) is 42.9 Å². The molecule has 3 N–H and O–H groups in total. The van der Waals surface area contributed by atoms with Crippen molar-refractivity contribution in [2.75, 3.05) is 13.7 Å². The van der Waals surface area contributed by atoms with Crippen LogP contribution in [0.2, 0.25) is 0 Å². The lowest BCUT2D eigenvalue weighted by molar-refractivity contribution is -0.143. The van der Waals surface area contributed by atoms with Gasteiger partial charge in [0.1, 0.15) is 0 Å². The Bertz CT molecular complexity index is 679. The third-order valence-corrected chi connectivity index (χ3v) is 5.94. The van der Waals surface area contributed by atoms with E-state index in [0.717, 1.165) is 18.4 Å². The monoisotopic (exact) mass is 354 g/mol. The Balaban J connectivity index is 2.16. The molecule has 0 aliphatic heterocycles. The number of nitrogens with two attached hydrogens (primary N) is 1. The van der Waals surface area contributed by atoms with Gasteiger partial charge in [0, 0.05) is 12.6 Å². The van der Waals surface area contributed by atoms with E-state index in [-0.39, 0.29) is 23.5 Å². The van der Waals surface area contributed by atoms with E-state index in [1.165, 1.54) is 19.2 Å². The molecule has 1 saturated carbocycles. The first-order valence-corrected chi connectivity index (χ1v) is 9.65. The second kappa shape index (κ2) is 7.21. The summed E-state index contributed by atoms with van der Waals surface area (Å²) in [5.74, 6) is 0.0785. The molecule has 1 aromatic rings. The van der Waals surface area contributed by atoms with E-state index in [1.807, 2.05) is 13.8 Å². The zero-order valence-electron chi connectivity index (χ0n) is 14.4. The average Bonchev–Trinajstić information content (AvgIpc) is 3.34. The largest absolute Gasteiger partial charge is 0.468 e. The van der Waals surface area contributed by atoms with Crippen LogP contribution in [-0.4, -0.2) is 34.1 Å². The van der Waals surface area contributed by atoms with Gasteiger partial charge in [0.25, 0.3) is 0 Å². The maximum atomic E-state index is 12.5. The van der Waals surface area contributed by atoms with Gasteiger partial charge in [-0.25, -0.2) is 13.1 Å². The van der Waals surface area contributed by atoms with Gasteiger partial charge >= 0.3 is 5.97 Å². The maximum Gasteiger partial charge on any atom is 0.316 e. The highest BCUT2D eigenvalue weighted by Gasteiger charge is 2.52. The van der Waals surface area contributed by atoms with Crippen LogP contribution in [0.25, 0.3) is 0 Å². The Kier molecular flexibility index (Phi) is 5.67. The van der Waals surface area contributed by atoms with E-state index >= 15 is 0 Å². The van der Waals surface area contributed by atoms with Crippen molar-refractivity contribution in [1.82, 2.24) is 4.72 Å². The Labute approximate surface area is 143 Å². The Morgan fingerprint density at radius 2 is 1.88 bits per heavy atom. The van der Waals surface area contributed by atoms with Crippen LogP contribution in [0.4, 0.5) is 0 Å². The second-order valence-corrected chi connectivity index (χ2v) is 8.50. The predicted octanol–water partition coefficient (Wildman–Crippen LogP) is 1.54. The smallest absolute Gasteiger partial charge is 0.316 e. The number of carbonyl (C=O) groups excluding carboxylic acids is 1. The topological polar surface area (TPSA) is 98.5 Å². The van der Waals surface area contributed by atoms with Crippen LogP contribution in [0.15, 0.2) is 29.2 Å². The summed E-state index contributed by atoms with van der Waals surface area (Å²) in [7, 11) is -2.26. The molecule has 24 heavy (non-hydrogen) atoms. The molecular formula is C17H26N2O4S. The number of carbonyl (C=O) groups is 1. The molecule has 0 bridgehead atoms. The lowest BCUT2D eigenvalue weighted by atomic mass is 9.96. The summed E-state index contributed by atoms with van der Waals surface area (Å²) in [6.07, 6.45) is 2.14. The molecule has 1 aliphatic rings. The van der Waals surface area contributed by atoms with Crippen molar-refractivity contribution in [1.29, 1.82) is 0 Å². The predicted molar refractivity (Wildman–Crippen MR) is 92.0 cm³/mol. The number of benzene rings is 1. The van der Waals surface area contributed by atoms with Gasteiger partial charge in [-0.2, -0.15) is 0 Å². The molecule has 1 unspecified atom stereocenters. The van der Waals surface area contributed by atoms with Gasteiger partial charge in [-0.3, -0.25) is 4.79 Å². The van der Waals surface area contributed by atoms with E-state index in [1.54, 1.807) is 12.1 Å². The van der Waals surface area contributed by atoms with Gasteiger partial charge in [-0.1, -0.05) is 26.0 Å². The molecule has 2 rings (SSSR count). The van der Waals surface area contributed by atoms with Crippen molar-refractivity contribution in [3.05, 3.63) is 29.8 Å². The van der Waals surface area contributed by atoms with Crippen molar-refractivity contribution in [2.45, 2.75) is 49.5 Å². The fraction of sp³-hybridized carbons (Fsp3) is 0.588. The maximum absolute atomic E-state index is 12.5. The molecule has 7 heteroatoms. The summed E-state index contributed by atoms with van der Waals surface area (Å²) in [6, 6.07) is 6.16. The molecule has 1 aliphatic carbocycles. The van der Waals surface area contributed by atoms with E-state index in [2.05, 4.69) is 4.72 Å². The molecule has 1 fully saturated rings. The number of methoxy groups -OCH3 is 1. The van der Waals surface area contributed by atoms with E-state index < -0.39 is 15.4 Å². The van der Waals surface area contributed by atoms with Gasteiger partial charge in [0.15, 0.2) is 0 Å². The Morgan fingerprint density at radius 3 is 2.29 bits per heavy atom. The summed E-state index contributed by atoms with van der Waals surface area (Å²) in [5, 5.41) is 0. The van der Waals surface area contributed by atoms with Crippen LogP contribution >= 0.6 is 0 Å². The SMILES string of the molecule is COC(=O)C1(c2ccc(S(=O)(=O)NC(CN)CC(C)C)cc2)CC1. The zero-order chi connectivity index (χ0) is 18.0. The Morgan fingerprint density at radius 1 is 1.29 bits per heavy atom. The number of nitrogens with one attached hydrogen (secondary N) is 1. The van der Waals surface area contributed by atoms with Crippen LogP contribution in [0, 0.1) is 5.92 Å². The molecule has 1 aromatic carbocycles. The van der Waals surface area contributed by atoms with Crippen molar-refractivity contribution in [2.24, 2.45) is 11.7 Å². The Hall–Kier alpha value is -1.44.